The highest BCUT2D eigenvalue weighted by molar-refractivity contribution is 7.98. The molecular formula is C18H36N2OS. The van der Waals surface area contributed by atoms with E-state index in [1.807, 2.05) is 7.05 Å². The lowest BCUT2D eigenvalue weighted by atomic mass is 9.97. The topological polar surface area (TPSA) is 33.6 Å². The number of hydrogen-bond acceptors (Lipinski definition) is 4. The summed E-state index contributed by atoms with van der Waals surface area (Å²) in [5, 5.41) is 3.23. The maximum Gasteiger partial charge on any atom is 0.0554 e. The third kappa shape index (κ3) is 11.3. The van der Waals surface area contributed by atoms with Crippen LogP contribution in [0.25, 0.3) is 0 Å². The van der Waals surface area contributed by atoms with Crippen LogP contribution >= 0.6 is 11.9 Å². The molecule has 1 unspecified atom stereocenters. The van der Waals surface area contributed by atoms with E-state index in [9.17, 15) is 0 Å². The molecule has 0 aliphatic heterocycles. The summed E-state index contributed by atoms with van der Waals surface area (Å²) >= 11 is 1.66. The molecule has 0 spiro atoms. The van der Waals surface area contributed by atoms with Crippen molar-refractivity contribution in [3.63, 3.8) is 0 Å². The minimum Gasteiger partial charge on any atom is -0.381 e. The Balaban J connectivity index is 4.13. The Morgan fingerprint density at radius 1 is 1.18 bits per heavy atom. The fourth-order valence-corrected chi connectivity index (χ4v) is 2.89. The number of unbranched alkanes of at least 4 members (excludes halogenated alkanes) is 3. The van der Waals surface area contributed by atoms with E-state index in [4.69, 9.17) is 9.13 Å². The Morgan fingerprint density at radius 2 is 1.95 bits per heavy atom. The van der Waals surface area contributed by atoms with Crippen LogP contribution < -0.4 is 5.32 Å². The zero-order valence-electron chi connectivity index (χ0n) is 15.1. The first-order valence-electron chi connectivity index (χ1n) is 8.77. The van der Waals surface area contributed by atoms with Gasteiger partial charge in [-0.1, -0.05) is 46.6 Å². The maximum absolute atomic E-state index is 5.73. The molecule has 3 nitrogen and oxygen atoms in total. The molecule has 0 aromatic heterocycles. The van der Waals surface area contributed by atoms with Crippen LogP contribution in [0, 0.1) is 5.92 Å². The smallest absolute Gasteiger partial charge is 0.0554 e. The Morgan fingerprint density at radius 3 is 2.59 bits per heavy atom. The van der Waals surface area contributed by atoms with Gasteiger partial charge in [-0.3, -0.25) is 0 Å². The van der Waals surface area contributed by atoms with Crippen molar-refractivity contribution >= 4 is 17.7 Å². The number of hydrogen-bond donors (Lipinski definition) is 1. The SMILES string of the molecule is C=C(CCOCCCCCC)/C(=N\SCCC)C(C)CNC. The van der Waals surface area contributed by atoms with Gasteiger partial charge in [0.2, 0.25) is 0 Å². The predicted molar refractivity (Wildman–Crippen MR) is 102 cm³/mol. The molecular weight excluding hydrogens is 292 g/mol. The fourth-order valence-electron chi connectivity index (χ4n) is 2.17. The number of nitrogens with zero attached hydrogens (tertiary/aromatic N) is 1. The van der Waals surface area contributed by atoms with Gasteiger partial charge in [-0.2, -0.15) is 0 Å². The third-order valence-electron chi connectivity index (χ3n) is 3.49. The fraction of sp³-hybridized carbons (Fsp3) is 0.833. The highest BCUT2D eigenvalue weighted by Gasteiger charge is 2.13. The van der Waals surface area contributed by atoms with E-state index in [1.165, 1.54) is 25.7 Å². The summed E-state index contributed by atoms with van der Waals surface area (Å²) in [6, 6.07) is 0. The number of rotatable bonds is 15. The lowest BCUT2D eigenvalue weighted by molar-refractivity contribution is 0.133. The van der Waals surface area contributed by atoms with E-state index in [2.05, 4.69) is 32.7 Å². The van der Waals surface area contributed by atoms with Crippen molar-refractivity contribution < 1.29 is 4.74 Å². The Hall–Kier alpha value is -0.320. The van der Waals surface area contributed by atoms with Crippen molar-refractivity contribution in [3.8, 4) is 0 Å². The van der Waals surface area contributed by atoms with Gasteiger partial charge in [0.15, 0.2) is 0 Å². The quantitative estimate of drug-likeness (QED) is 0.264. The Labute approximate surface area is 142 Å². The molecule has 1 atom stereocenters. The second kappa shape index (κ2) is 15.6. The molecule has 0 amide bonds. The molecule has 0 rings (SSSR count). The molecule has 0 aromatic rings. The van der Waals surface area contributed by atoms with Gasteiger partial charge >= 0.3 is 0 Å². The van der Waals surface area contributed by atoms with E-state index in [0.29, 0.717) is 5.92 Å². The molecule has 0 heterocycles. The average Bonchev–Trinajstić information content (AvgIpc) is 2.50. The van der Waals surface area contributed by atoms with Crippen molar-refractivity contribution in [1.82, 2.24) is 5.32 Å². The monoisotopic (exact) mass is 328 g/mol. The van der Waals surface area contributed by atoms with E-state index in [0.717, 1.165) is 49.6 Å². The first kappa shape index (κ1) is 21.7. The zero-order valence-corrected chi connectivity index (χ0v) is 15.9. The molecule has 0 saturated heterocycles. The lowest BCUT2D eigenvalue weighted by Gasteiger charge is -2.16. The average molecular weight is 329 g/mol. The first-order valence-corrected chi connectivity index (χ1v) is 9.71. The van der Waals surface area contributed by atoms with Gasteiger partial charge < -0.3 is 10.1 Å². The maximum atomic E-state index is 5.73. The molecule has 0 aliphatic carbocycles. The molecule has 130 valence electrons. The predicted octanol–water partition coefficient (Wildman–Crippen LogP) is 4.88. The van der Waals surface area contributed by atoms with E-state index >= 15 is 0 Å². The second-order valence-electron chi connectivity index (χ2n) is 5.80. The molecule has 0 aliphatic rings. The molecule has 0 radical (unpaired) electrons. The van der Waals surface area contributed by atoms with Crippen molar-refractivity contribution in [2.75, 3.05) is 32.6 Å². The second-order valence-corrected chi connectivity index (χ2v) is 6.64. The third-order valence-corrected chi connectivity index (χ3v) is 4.40. The zero-order chi connectivity index (χ0) is 16.6. The van der Waals surface area contributed by atoms with Crippen LogP contribution in [-0.2, 0) is 4.74 Å². The molecule has 1 N–H and O–H groups in total. The van der Waals surface area contributed by atoms with Gasteiger partial charge in [-0.05, 0) is 43.8 Å². The van der Waals surface area contributed by atoms with Crippen LogP contribution in [0.2, 0.25) is 0 Å². The number of nitrogens with one attached hydrogen (secondary N) is 1. The van der Waals surface area contributed by atoms with Crippen LogP contribution in [0.4, 0.5) is 0 Å². The summed E-state index contributed by atoms with van der Waals surface area (Å²) in [5.74, 6) is 1.46. The highest BCUT2D eigenvalue weighted by Crippen LogP contribution is 2.16. The standard InChI is InChI=1S/C18H36N2OS/c1-6-8-9-10-12-21-13-11-16(3)18(17(4)15-19-5)20-22-14-7-2/h17,19H,3,6-15H2,1-2,4-5H3/b20-18+. The molecule has 0 aromatic carbocycles. The van der Waals surface area contributed by atoms with Gasteiger partial charge in [0.1, 0.15) is 0 Å². The van der Waals surface area contributed by atoms with Crippen LogP contribution in [0.3, 0.4) is 0 Å². The van der Waals surface area contributed by atoms with E-state index in [1.54, 1.807) is 11.9 Å². The summed E-state index contributed by atoms with van der Waals surface area (Å²) in [6.07, 6.45) is 7.06. The van der Waals surface area contributed by atoms with Crippen LogP contribution in [0.15, 0.2) is 16.5 Å². The normalized spacial score (nSPS) is 13.4. The minimum absolute atomic E-state index is 0.395. The van der Waals surface area contributed by atoms with Gasteiger partial charge in [-0.25, -0.2) is 4.40 Å². The van der Waals surface area contributed by atoms with Gasteiger partial charge in [-0.15, -0.1) is 0 Å². The summed E-state index contributed by atoms with van der Waals surface area (Å²) in [7, 11) is 1.98. The van der Waals surface area contributed by atoms with E-state index < -0.39 is 0 Å². The molecule has 0 bridgehead atoms. The molecule has 0 saturated carbocycles. The van der Waals surface area contributed by atoms with Crippen molar-refractivity contribution in [2.45, 2.75) is 59.3 Å². The van der Waals surface area contributed by atoms with E-state index in [-0.39, 0.29) is 0 Å². The van der Waals surface area contributed by atoms with Crippen molar-refractivity contribution in [3.05, 3.63) is 12.2 Å². The summed E-state index contributed by atoms with van der Waals surface area (Å²) < 4.78 is 10.4. The Bertz CT molecular complexity index is 305. The largest absolute Gasteiger partial charge is 0.381 e. The molecule has 4 heteroatoms. The summed E-state index contributed by atoms with van der Waals surface area (Å²) in [6.45, 7) is 13.4. The highest BCUT2D eigenvalue weighted by atomic mass is 32.2. The van der Waals surface area contributed by atoms with Crippen LogP contribution in [0.5, 0.6) is 0 Å². The summed E-state index contributed by atoms with van der Waals surface area (Å²) in [4.78, 5) is 0. The van der Waals surface area contributed by atoms with Crippen molar-refractivity contribution in [2.24, 2.45) is 10.3 Å². The first-order chi connectivity index (χ1) is 10.7. The van der Waals surface area contributed by atoms with Gasteiger partial charge in [0, 0.05) is 24.8 Å². The minimum atomic E-state index is 0.395. The molecule has 0 fully saturated rings. The van der Waals surface area contributed by atoms with Crippen molar-refractivity contribution in [1.29, 1.82) is 0 Å². The molecule has 22 heavy (non-hydrogen) atoms. The van der Waals surface area contributed by atoms with Gasteiger partial charge in [0.25, 0.3) is 0 Å². The Kier molecular flexibility index (Phi) is 15.3. The van der Waals surface area contributed by atoms with Crippen LogP contribution in [0.1, 0.15) is 59.3 Å². The van der Waals surface area contributed by atoms with Crippen LogP contribution in [-0.4, -0.2) is 38.3 Å². The number of ether oxygens (including phenoxy) is 1. The summed E-state index contributed by atoms with van der Waals surface area (Å²) in [5.41, 5.74) is 2.27. The lowest BCUT2D eigenvalue weighted by Crippen LogP contribution is -2.25. The van der Waals surface area contributed by atoms with Gasteiger partial charge in [0.05, 0.1) is 12.3 Å².